The number of piperazine rings is 1. The summed E-state index contributed by atoms with van der Waals surface area (Å²) in [6.07, 6.45) is 2.95. The molecule has 0 spiro atoms. The first kappa shape index (κ1) is 17.5. The Kier molecular flexibility index (Phi) is 4.81. The average molecular weight is 343 g/mol. The van der Waals surface area contributed by atoms with Crippen molar-refractivity contribution in [2.24, 2.45) is 13.0 Å². The number of carbonyl (C=O) groups is 2. The number of hydrogen-bond acceptors (Lipinski definition) is 3. The molecular weight excluding hydrogens is 318 g/mol. The highest BCUT2D eigenvalue weighted by atomic mass is 16.3. The third-order valence-corrected chi connectivity index (χ3v) is 5.07. The van der Waals surface area contributed by atoms with E-state index in [-0.39, 0.29) is 24.3 Å². The lowest BCUT2D eigenvalue weighted by molar-refractivity contribution is -0.148. The molecule has 25 heavy (non-hydrogen) atoms. The lowest BCUT2D eigenvalue weighted by atomic mass is 9.95. The maximum absolute atomic E-state index is 12.7. The van der Waals surface area contributed by atoms with Gasteiger partial charge in [0.15, 0.2) is 0 Å². The first-order valence-electron chi connectivity index (χ1n) is 8.63. The minimum absolute atomic E-state index is 0.00520. The fourth-order valence-electron chi connectivity index (χ4n) is 3.57. The molecule has 0 bridgehead atoms. The van der Waals surface area contributed by atoms with E-state index in [2.05, 4.69) is 5.32 Å². The number of nitrogens with zero attached hydrogens (tertiary/aromatic N) is 2. The number of nitrogens with one attached hydrogen (secondary N) is 1. The molecule has 2 amide bonds. The van der Waals surface area contributed by atoms with Crippen molar-refractivity contribution in [3.8, 4) is 0 Å². The zero-order chi connectivity index (χ0) is 18.1. The van der Waals surface area contributed by atoms with Crippen LogP contribution in [0.15, 0.2) is 30.5 Å². The predicted octanol–water partition coefficient (Wildman–Crippen LogP) is 1.06. The summed E-state index contributed by atoms with van der Waals surface area (Å²) >= 11 is 0. The van der Waals surface area contributed by atoms with Gasteiger partial charge in [-0.05, 0) is 24.0 Å². The minimum atomic E-state index is -0.552. The number of aliphatic hydroxyl groups excluding tert-OH is 1. The van der Waals surface area contributed by atoms with E-state index in [9.17, 15) is 14.7 Å². The van der Waals surface area contributed by atoms with Crippen molar-refractivity contribution in [3.63, 3.8) is 0 Å². The maximum atomic E-state index is 12.7. The van der Waals surface area contributed by atoms with Crippen LogP contribution < -0.4 is 5.32 Å². The quantitative estimate of drug-likeness (QED) is 0.853. The SMILES string of the molecule is CC(CO)CC1C(=O)NC(Cc2cn(C)c3ccccc23)C(=O)N1C. The highest BCUT2D eigenvalue weighted by Gasteiger charge is 2.39. The van der Waals surface area contributed by atoms with Crippen molar-refractivity contribution in [2.75, 3.05) is 13.7 Å². The van der Waals surface area contributed by atoms with Gasteiger partial charge in [0.2, 0.25) is 11.8 Å². The molecule has 0 aliphatic carbocycles. The molecule has 1 fully saturated rings. The van der Waals surface area contributed by atoms with Gasteiger partial charge in [0, 0.05) is 44.2 Å². The molecule has 0 saturated carbocycles. The van der Waals surface area contributed by atoms with Crippen molar-refractivity contribution >= 4 is 22.7 Å². The Balaban J connectivity index is 1.80. The third kappa shape index (κ3) is 3.26. The lowest BCUT2D eigenvalue weighted by Gasteiger charge is -2.37. The topological polar surface area (TPSA) is 74.6 Å². The van der Waals surface area contributed by atoms with Gasteiger partial charge >= 0.3 is 0 Å². The van der Waals surface area contributed by atoms with Gasteiger partial charge in [-0.25, -0.2) is 0 Å². The van der Waals surface area contributed by atoms with E-state index in [1.54, 1.807) is 7.05 Å². The van der Waals surface area contributed by atoms with Gasteiger partial charge in [0.1, 0.15) is 12.1 Å². The molecule has 2 N–H and O–H groups in total. The minimum Gasteiger partial charge on any atom is -0.396 e. The van der Waals surface area contributed by atoms with E-state index in [0.29, 0.717) is 12.8 Å². The van der Waals surface area contributed by atoms with Crippen LogP contribution in [0.25, 0.3) is 10.9 Å². The Hall–Kier alpha value is -2.34. The first-order valence-corrected chi connectivity index (χ1v) is 8.63. The van der Waals surface area contributed by atoms with Gasteiger partial charge in [-0.3, -0.25) is 9.59 Å². The van der Waals surface area contributed by atoms with Crippen LogP contribution in [0.2, 0.25) is 0 Å². The molecule has 3 atom stereocenters. The summed E-state index contributed by atoms with van der Waals surface area (Å²) < 4.78 is 2.04. The second-order valence-corrected chi connectivity index (χ2v) is 7.04. The van der Waals surface area contributed by atoms with Crippen molar-refractivity contribution in [1.29, 1.82) is 0 Å². The number of aliphatic hydroxyl groups is 1. The van der Waals surface area contributed by atoms with E-state index < -0.39 is 12.1 Å². The summed E-state index contributed by atoms with van der Waals surface area (Å²) in [5, 5.41) is 13.2. The lowest BCUT2D eigenvalue weighted by Crippen LogP contribution is -2.62. The van der Waals surface area contributed by atoms with E-state index in [0.717, 1.165) is 16.5 Å². The molecule has 2 aromatic rings. The van der Waals surface area contributed by atoms with Gasteiger partial charge in [-0.2, -0.15) is 0 Å². The fraction of sp³-hybridized carbons (Fsp3) is 0.474. The van der Waals surface area contributed by atoms with Crippen LogP contribution in [0.3, 0.4) is 0 Å². The molecule has 3 rings (SSSR count). The van der Waals surface area contributed by atoms with Crippen molar-refractivity contribution in [3.05, 3.63) is 36.0 Å². The smallest absolute Gasteiger partial charge is 0.245 e. The van der Waals surface area contributed by atoms with E-state index >= 15 is 0 Å². The summed E-state index contributed by atoms with van der Waals surface area (Å²) in [7, 11) is 3.65. The molecule has 2 heterocycles. The zero-order valence-electron chi connectivity index (χ0n) is 14.9. The number of aromatic nitrogens is 1. The number of aryl methyl sites for hydroxylation is 1. The normalized spacial score (nSPS) is 22.3. The van der Waals surface area contributed by atoms with Gasteiger partial charge in [-0.1, -0.05) is 25.1 Å². The van der Waals surface area contributed by atoms with Gasteiger partial charge < -0.3 is 19.9 Å². The van der Waals surface area contributed by atoms with E-state index in [1.807, 2.05) is 49.0 Å². The average Bonchev–Trinajstić information content (AvgIpc) is 2.92. The monoisotopic (exact) mass is 343 g/mol. The summed E-state index contributed by atoms with van der Waals surface area (Å²) in [4.78, 5) is 26.7. The molecule has 0 radical (unpaired) electrons. The second-order valence-electron chi connectivity index (χ2n) is 7.04. The predicted molar refractivity (Wildman–Crippen MR) is 96.0 cm³/mol. The number of rotatable bonds is 5. The number of fused-ring (bicyclic) bond motifs is 1. The highest BCUT2D eigenvalue weighted by molar-refractivity contribution is 5.97. The van der Waals surface area contributed by atoms with E-state index in [1.165, 1.54) is 4.90 Å². The molecular formula is C19H25N3O3. The number of likely N-dealkylation sites (N-methyl/N-ethyl adjacent to an activating group) is 1. The highest BCUT2D eigenvalue weighted by Crippen LogP contribution is 2.24. The van der Waals surface area contributed by atoms with Crippen LogP contribution in [0.5, 0.6) is 0 Å². The Morgan fingerprint density at radius 2 is 1.96 bits per heavy atom. The van der Waals surface area contributed by atoms with Gasteiger partial charge in [0.05, 0.1) is 0 Å². The summed E-state index contributed by atoms with van der Waals surface area (Å²) in [5.41, 5.74) is 2.16. The Labute approximate surface area is 147 Å². The molecule has 1 aromatic heterocycles. The second kappa shape index (κ2) is 6.88. The largest absolute Gasteiger partial charge is 0.396 e. The van der Waals surface area contributed by atoms with Crippen molar-refractivity contribution in [2.45, 2.75) is 31.8 Å². The Morgan fingerprint density at radius 1 is 1.24 bits per heavy atom. The number of hydrogen-bond donors (Lipinski definition) is 2. The van der Waals surface area contributed by atoms with Crippen LogP contribution in [-0.4, -0.2) is 52.1 Å². The Bertz CT molecular complexity index is 798. The van der Waals surface area contributed by atoms with Crippen LogP contribution >= 0.6 is 0 Å². The molecule has 1 aliphatic rings. The zero-order valence-corrected chi connectivity index (χ0v) is 14.9. The van der Waals surface area contributed by atoms with Crippen LogP contribution in [0.1, 0.15) is 18.9 Å². The van der Waals surface area contributed by atoms with Gasteiger partial charge in [-0.15, -0.1) is 0 Å². The number of benzene rings is 1. The molecule has 134 valence electrons. The maximum Gasteiger partial charge on any atom is 0.245 e. The van der Waals surface area contributed by atoms with E-state index in [4.69, 9.17) is 0 Å². The molecule has 6 nitrogen and oxygen atoms in total. The number of carbonyl (C=O) groups excluding carboxylic acids is 2. The van der Waals surface area contributed by atoms with Crippen LogP contribution in [0, 0.1) is 5.92 Å². The standard InChI is InChI=1S/C19H25N3O3/c1-12(11-23)8-17-18(24)20-15(19(25)22(17)3)9-13-10-21(2)16-7-5-4-6-14(13)16/h4-7,10,12,15,17,23H,8-9,11H2,1-3H3,(H,20,24). The molecule has 3 unspecified atom stereocenters. The summed E-state index contributed by atoms with van der Waals surface area (Å²) in [6.45, 7) is 1.87. The summed E-state index contributed by atoms with van der Waals surface area (Å²) in [5.74, 6) is -0.254. The molecule has 1 aromatic carbocycles. The fourth-order valence-corrected chi connectivity index (χ4v) is 3.57. The molecule has 1 saturated heterocycles. The van der Waals surface area contributed by atoms with Crippen molar-refractivity contribution < 1.29 is 14.7 Å². The Morgan fingerprint density at radius 3 is 2.68 bits per heavy atom. The van der Waals surface area contributed by atoms with Gasteiger partial charge in [0.25, 0.3) is 0 Å². The van der Waals surface area contributed by atoms with Crippen molar-refractivity contribution in [1.82, 2.24) is 14.8 Å². The summed E-state index contributed by atoms with van der Waals surface area (Å²) in [6, 6.07) is 6.97. The van der Waals surface area contributed by atoms with Crippen LogP contribution in [-0.2, 0) is 23.1 Å². The molecule has 1 aliphatic heterocycles. The number of para-hydroxylation sites is 1. The first-order chi connectivity index (χ1) is 11.9. The third-order valence-electron chi connectivity index (χ3n) is 5.07. The number of amides is 2. The van der Waals surface area contributed by atoms with Crippen LogP contribution in [0.4, 0.5) is 0 Å². The molecule has 6 heteroatoms.